The van der Waals surface area contributed by atoms with Crippen LogP contribution in [0, 0.1) is 6.92 Å². The van der Waals surface area contributed by atoms with Crippen LogP contribution in [0.1, 0.15) is 22.7 Å². The third-order valence-electron chi connectivity index (χ3n) is 5.05. The second kappa shape index (κ2) is 7.57. The quantitative estimate of drug-likeness (QED) is 0.368. The molecule has 0 bridgehead atoms. The topological polar surface area (TPSA) is 57.6 Å². The summed E-state index contributed by atoms with van der Waals surface area (Å²) in [5, 5.41) is 11.5. The van der Waals surface area contributed by atoms with E-state index in [2.05, 4.69) is 0 Å². The smallest absolute Gasteiger partial charge is 0.300 e. The average molecular weight is 404 g/mol. The van der Waals surface area contributed by atoms with Crippen molar-refractivity contribution in [3.8, 4) is 0 Å². The summed E-state index contributed by atoms with van der Waals surface area (Å²) in [6, 6.07) is 22.4. The first-order valence-electron chi connectivity index (χ1n) is 9.16. The van der Waals surface area contributed by atoms with Gasteiger partial charge < -0.3 is 5.11 Å². The van der Waals surface area contributed by atoms with E-state index in [-0.39, 0.29) is 11.3 Å². The van der Waals surface area contributed by atoms with E-state index < -0.39 is 17.7 Å². The second-order valence-corrected chi connectivity index (χ2v) is 7.31. The Morgan fingerprint density at radius 2 is 1.52 bits per heavy atom. The summed E-state index contributed by atoms with van der Waals surface area (Å²) >= 11 is 5.95. The number of benzene rings is 3. The van der Waals surface area contributed by atoms with E-state index in [1.807, 2.05) is 55.5 Å². The Morgan fingerprint density at radius 3 is 2.17 bits per heavy atom. The Hall–Kier alpha value is -3.37. The van der Waals surface area contributed by atoms with E-state index in [1.165, 1.54) is 4.90 Å². The maximum Gasteiger partial charge on any atom is 0.300 e. The molecule has 4 rings (SSSR count). The van der Waals surface area contributed by atoms with Gasteiger partial charge in [0.25, 0.3) is 11.7 Å². The zero-order valence-electron chi connectivity index (χ0n) is 15.7. The first-order valence-corrected chi connectivity index (χ1v) is 9.54. The molecule has 4 nitrogen and oxygen atoms in total. The molecule has 1 amide bonds. The van der Waals surface area contributed by atoms with Crippen molar-refractivity contribution in [2.75, 3.05) is 4.90 Å². The minimum absolute atomic E-state index is 0.0618. The van der Waals surface area contributed by atoms with Gasteiger partial charge in [0.05, 0.1) is 11.6 Å². The van der Waals surface area contributed by atoms with Crippen LogP contribution in [-0.4, -0.2) is 16.8 Å². The summed E-state index contributed by atoms with van der Waals surface area (Å²) < 4.78 is 0. The van der Waals surface area contributed by atoms with Gasteiger partial charge in [-0.15, -0.1) is 0 Å². The molecule has 1 aliphatic rings. The van der Waals surface area contributed by atoms with E-state index in [1.54, 1.807) is 30.3 Å². The molecule has 1 aliphatic heterocycles. The number of hydrogen-bond acceptors (Lipinski definition) is 3. The maximum atomic E-state index is 13.1. The summed E-state index contributed by atoms with van der Waals surface area (Å²) in [6.45, 7) is 1.88. The molecule has 0 aliphatic carbocycles. The lowest BCUT2D eigenvalue weighted by Crippen LogP contribution is -2.30. The summed E-state index contributed by atoms with van der Waals surface area (Å²) in [6.07, 6.45) is 0. The molecule has 1 heterocycles. The number of carbonyl (C=O) groups is 2. The van der Waals surface area contributed by atoms with Crippen LogP contribution in [0.15, 0.2) is 84.4 Å². The van der Waals surface area contributed by atoms with Crippen molar-refractivity contribution in [1.82, 2.24) is 0 Å². The van der Waals surface area contributed by atoms with Crippen molar-refractivity contribution < 1.29 is 14.7 Å². The van der Waals surface area contributed by atoms with Crippen LogP contribution >= 0.6 is 11.6 Å². The number of halogens is 1. The number of rotatable bonds is 3. The number of para-hydroxylation sites is 1. The first kappa shape index (κ1) is 19.0. The van der Waals surface area contributed by atoms with Crippen molar-refractivity contribution in [1.29, 1.82) is 0 Å². The van der Waals surface area contributed by atoms with E-state index >= 15 is 0 Å². The normalized spacial score (nSPS) is 18.3. The number of hydrogen-bond donors (Lipinski definition) is 1. The number of amides is 1. The third-order valence-corrected chi connectivity index (χ3v) is 5.30. The van der Waals surface area contributed by atoms with Crippen molar-refractivity contribution >= 4 is 34.7 Å². The van der Waals surface area contributed by atoms with Gasteiger partial charge in [-0.3, -0.25) is 14.5 Å². The molecule has 29 heavy (non-hydrogen) atoms. The number of anilines is 1. The van der Waals surface area contributed by atoms with Crippen LogP contribution in [0.5, 0.6) is 0 Å². The van der Waals surface area contributed by atoms with E-state index in [9.17, 15) is 14.7 Å². The van der Waals surface area contributed by atoms with Gasteiger partial charge in [-0.2, -0.15) is 0 Å². The molecule has 144 valence electrons. The van der Waals surface area contributed by atoms with Gasteiger partial charge in [-0.25, -0.2) is 0 Å². The summed E-state index contributed by atoms with van der Waals surface area (Å²) in [5.74, 6) is -1.59. The van der Waals surface area contributed by atoms with Gasteiger partial charge in [0.2, 0.25) is 0 Å². The Morgan fingerprint density at radius 1 is 0.897 bits per heavy atom. The molecule has 1 N–H and O–H groups in total. The Bertz CT molecular complexity index is 1120. The second-order valence-electron chi connectivity index (χ2n) is 6.87. The Labute approximate surface area is 173 Å². The highest BCUT2D eigenvalue weighted by Gasteiger charge is 2.47. The fourth-order valence-corrected chi connectivity index (χ4v) is 3.75. The lowest BCUT2D eigenvalue weighted by atomic mass is 9.95. The number of aryl methyl sites for hydroxylation is 1. The molecule has 0 saturated carbocycles. The molecule has 0 aromatic heterocycles. The highest BCUT2D eigenvalue weighted by Crippen LogP contribution is 2.42. The Balaban J connectivity index is 1.96. The molecule has 1 unspecified atom stereocenters. The van der Waals surface area contributed by atoms with Gasteiger partial charge in [-0.1, -0.05) is 60.1 Å². The van der Waals surface area contributed by atoms with Gasteiger partial charge in [0.1, 0.15) is 5.76 Å². The van der Waals surface area contributed by atoms with Crippen LogP contribution in [0.2, 0.25) is 5.02 Å². The van der Waals surface area contributed by atoms with Gasteiger partial charge in [-0.05, 0) is 48.4 Å². The molecule has 1 atom stereocenters. The van der Waals surface area contributed by atoms with E-state index in [0.717, 1.165) is 11.1 Å². The minimum atomic E-state index is -0.729. The number of aliphatic hydroxyl groups excluding tert-OH is 1. The zero-order chi connectivity index (χ0) is 20.5. The third kappa shape index (κ3) is 3.32. The molecule has 1 saturated heterocycles. The highest BCUT2D eigenvalue weighted by atomic mass is 35.5. The molecule has 3 aromatic rings. The molecular weight excluding hydrogens is 386 g/mol. The number of carbonyl (C=O) groups excluding carboxylic acids is 2. The summed E-state index contributed by atoms with van der Waals surface area (Å²) in [7, 11) is 0. The lowest BCUT2D eigenvalue weighted by Gasteiger charge is -2.26. The lowest BCUT2D eigenvalue weighted by molar-refractivity contribution is -0.132. The van der Waals surface area contributed by atoms with Crippen LogP contribution in [0.4, 0.5) is 5.69 Å². The molecule has 0 radical (unpaired) electrons. The standard InChI is InChI=1S/C24H18ClNO3/c1-15-7-5-6-10-19(15)26-21(16-8-3-2-4-9-16)20(23(28)24(26)29)22(27)17-11-13-18(25)14-12-17/h2-14,21,27H,1H3/b22-20-. The predicted octanol–water partition coefficient (Wildman–Crippen LogP) is 5.27. The zero-order valence-corrected chi connectivity index (χ0v) is 16.4. The van der Waals surface area contributed by atoms with Crippen molar-refractivity contribution in [2.24, 2.45) is 0 Å². The number of ketones is 1. The minimum Gasteiger partial charge on any atom is -0.507 e. The molecule has 5 heteroatoms. The van der Waals surface area contributed by atoms with Crippen molar-refractivity contribution in [2.45, 2.75) is 13.0 Å². The van der Waals surface area contributed by atoms with E-state index in [4.69, 9.17) is 11.6 Å². The van der Waals surface area contributed by atoms with Crippen LogP contribution in [0.3, 0.4) is 0 Å². The predicted molar refractivity (Wildman–Crippen MR) is 114 cm³/mol. The molecule has 1 fully saturated rings. The monoisotopic (exact) mass is 403 g/mol. The molecular formula is C24H18ClNO3. The van der Waals surface area contributed by atoms with Crippen LogP contribution in [0.25, 0.3) is 5.76 Å². The number of nitrogens with zero attached hydrogens (tertiary/aromatic N) is 1. The van der Waals surface area contributed by atoms with Gasteiger partial charge in [0, 0.05) is 16.3 Å². The van der Waals surface area contributed by atoms with Crippen LogP contribution < -0.4 is 4.90 Å². The number of Topliss-reactive ketones (excluding diaryl/α,β-unsaturated/α-hetero) is 1. The maximum absolute atomic E-state index is 13.1. The van der Waals surface area contributed by atoms with Gasteiger partial charge >= 0.3 is 0 Å². The molecule has 3 aromatic carbocycles. The average Bonchev–Trinajstić information content (AvgIpc) is 3.00. The largest absolute Gasteiger partial charge is 0.507 e. The highest BCUT2D eigenvalue weighted by molar-refractivity contribution is 6.51. The van der Waals surface area contributed by atoms with Crippen molar-refractivity contribution in [3.05, 3.63) is 106 Å². The number of aliphatic hydroxyl groups is 1. The van der Waals surface area contributed by atoms with Crippen LogP contribution in [-0.2, 0) is 9.59 Å². The first-order chi connectivity index (χ1) is 14.0. The van der Waals surface area contributed by atoms with E-state index in [0.29, 0.717) is 16.3 Å². The summed E-state index contributed by atoms with van der Waals surface area (Å²) in [4.78, 5) is 27.5. The fraction of sp³-hybridized carbons (Fsp3) is 0.0833. The summed E-state index contributed by atoms with van der Waals surface area (Å²) in [5.41, 5.74) is 2.73. The Kier molecular flexibility index (Phi) is 4.95. The van der Waals surface area contributed by atoms with Crippen molar-refractivity contribution in [3.63, 3.8) is 0 Å². The van der Waals surface area contributed by atoms with Gasteiger partial charge in [0.15, 0.2) is 0 Å². The molecule has 0 spiro atoms. The fourth-order valence-electron chi connectivity index (χ4n) is 3.63. The SMILES string of the molecule is Cc1ccccc1N1C(=O)C(=O)/C(=C(\O)c2ccc(Cl)cc2)C1c1ccccc1.